The minimum absolute atomic E-state index is 0.191. The van der Waals surface area contributed by atoms with Gasteiger partial charge in [-0.05, 0) is 34.4 Å². The standard InChI is InChI=1S/C25H22N4OS/c1-2-8-18(9-3-1)29-24(28-14-16-30-17-15-28)26-27-25(29)31-23-21-12-6-4-10-19(21)20-11-5-7-13-22(20)23/h1-13,23H,14-17H2. The van der Waals surface area contributed by atoms with Crippen LogP contribution < -0.4 is 4.90 Å². The summed E-state index contributed by atoms with van der Waals surface area (Å²) in [6.07, 6.45) is 0. The van der Waals surface area contributed by atoms with Crippen molar-refractivity contribution >= 4 is 17.7 Å². The highest BCUT2D eigenvalue weighted by Gasteiger charge is 2.31. The van der Waals surface area contributed by atoms with Gasteiger partial charge in [0.05, 0.1) is 24.2 Å². The van der Waals surface area contributed by atoms with E-state index in [9.17, 15) is 0 Å². The Labute approximate surface area is 185 Å². The van der Waals surface area contributed by atoms with Crippen molar-refractivity contribution in [2.75, 3.05) is 31.2 Å². The van der Waals surface area contributed by atoms with Gasteiger partial charge < -0.3 is 9.64 Å². The molecule has 0 N–H and O–H groups in total. The van der Waals surface area contributed by atoms with Gasteiger partial charge in [0.2, 0.25) is 5.95 Å². The number of hydrogen-bond donors (Lipinski definition) is 0. The third-order valence-corrected chi connectivity index (χ3v) is 7.14. The molecule has 0 amide bonds. The SMILES string of the molecule is c1ccc(-n2c(SC3c4ccccc4-c4ccccc43)nnc2N2CCOCC2)cc1. The number of rotatable bonds is 4. The van der Waals surface area contributed by atoms with Crippen molar-refractivity contribution in [3.63, 3.8) is 0 Å². The van der Waals surface area contributed by atoms with Crippen LogP contribution in [-0.4, -0.2) is 41.1 Å². The van der Waals surface area contributed by atoms with E-state index in [0.717, 1.165) is 29.9 Å². The lowest BCUT2D eigenvalue weighted by Crippen LogP contribution is -2.37. The lowest BCUT2D eigenvalue weighted by molar-refractivity contribution is 0.122. The molecule has 31 heavy (non-hydrogen) atoms. The Hall–Kier alpha value is -3.09. The number of fused-ring (bicyclic) bond motifs is 3. The molecular weight excluding hydrogens is 404 g/mol. The van der Waals surface area contributed by atoms with Crippen LogP contribution in [0.1, 0.15) is 16.4 Å². The molecule has 0 atom stereocenters. The summed E-state index contributed by atoms with van der Waals surface area (Å²) in [6.45, 7) is 3.08. The average Bonchev–Trinajstić information content (AvgIpc) is 3.41. The van der Waals surface area contributed by atoms with Crippen molar-refractivity contribution < 1.29 is 4.74 Å². The van der Waals surface area contributed by atoms with Crippen LogP contribution in [0.5, 0.6) is 0 Å². The van der Waals surface area contributed by atoms with E-state index in [0.29, 0.717) is 13.2 Å². The van der Waals surface area contributed by atoms with E-state index in [4.69, 9.17) is 4.74 Å². The molecule has 2 heterocycles. The Balaban J connectivity index is 1.45. The largest absolute Gasteiger partial charge is 0.378 e. The van der Waals surface area contributed by atoms with E-state index >= 15 is 0 Å². The molecule has 1 saturated heterocycles. The maximum Gasteiger partial charge on any atom is 0.232 e. The van der Waals surface area contributed by atoms with E-state index in [2.05, 4.69) is 92.5 Å². The fourth-order valence-corrected chi connectivity index (χ4v) is 5.71. The molecule has 154 valence electrons. The molecule has 6 heteroatoms. The predicted molar refractivity (Wildman–Crippen MR) is 124 cm³/mol. The van der Waals surface area contributed by atoms with E-state index in [1.165, 1.54) is 22.3 Å². The molecule has 0 bridgehead atoms. The Kier molecular flexibility index (Phi) is 4.74. The van der Waals surface area contributed by atoms with E-state index in [-0.39, 0.29) is 5.25 Å². The van der Waals surface area contributed by atoms with Gasteiger partial charge in [-0.15, -0.1) is 10.2 Å². The second kappa shape index (κ2) is 7.87. The van der Waals surface area contributed by atoms with Gasteiger partial charge in [0.1, 0.15) is 0 Å². The molecular formula is C25H22N4OS. The van der Waals surface area contributed by atoms with Gasteiger partial charge >= 0.3 is 0 Å². The summed E-state index contributed by atoms with van der Waals surface area (Å²) in [6, 6.07) is 27.8. The van der Waals surface area contributed by atoms with E-state index in [1.54, 1.807) is 11.8 Å². The first-order valence-electron chi connectivity index (χ1n) is 10.6. The first-order valence-corrected chi connectivity index (χ1v) is 11.5. The monoisotopic (exact) mass is 426 g/mol. The molecule has 5 nitrogen and oxygen atoms in total. The number of anilines is 1. The minimum Gasteiger partial charge on any atom is -0.378 e. The first-order chi connectivity index (χ1) is 15.4. The van der Waals surface area contributed by atoms with Gasteiger partial charge in [-0.25, -0.2) is 0 Å². The molecule has 1 aromatic heterocycles. The second-order valence-corrected chi connectivity index (χ2v) is 8.80. The normalized spacial score (nSPS) is 15.7. The van der Waals surface area contributed by atoms with Crippen molar-refractivity contribution in [1.82, 2.24) is 14.8 Å². The Morgan fingerprint density at radius 3 is 2.03 bits per heavy atom. The van der Waals surface area contributed by atoms with Crippen LogP contribution in [0.15, 0.2) is 84.0 Å². The third kappa shape index (κ3) is 3.23. The maximum atomic E-state index is 5.56. The molecule has 4 aromatic rings. The molecule has 0 radical (unpaired) electrons. The second-order valence-electron chi connectivity index (χ2n) is 7.73. The van der Waals surface area contributed by atoms with E-state index < -0.39 is 0 Å². The average molecular weight is 427 g/mol. The third-order valence-electron chi connectivity index (χ3n) is 5.92. The molecule has 0 unspecified atom stereocenters. The van der Waals surface area contributed by atoms with Gasteiger partial charge in [-0.3, -0.25) is 4.57 Å². The Morgan fingerprint density at radius 2 is 1.35 bits per heavy atom. The quantitative estimate of drug-likeness (QED) is 0.461. The lowest BCUT2D eigenvalue weighted by Gasteiger charge is -2.28. The smallest absolute Gasteiger partial charge is 0.232 e. The molecule has 3 aromatic carbocycles. The molecule has 0 spiro atoms. The zero-order valence-corrected chi connectivity index (χ0v) is 17.8. The molecule has 2 aliphatic rings. The topological polar surface area (TPSA) is 43.2 Å². The van der Waals surface area contributed by atoms with E-state index in [1.807, 2.05) is 6.07 Å². The number of aromatic nitrogens is 3. The van der Waals surface area contributed by atoms with Crippen LogP contribution in [-0.2, 0) is 4.74 Å². The Bertz CT molecular complexity index is 1170. The summed E-state index contributed by atoms with van der Waals surface area (Å²) in [5.74, 6) is 0.886. The lowest BCUT2D eigenvalue weighted by atomic mass is 10.1. The highest BCUT2D eigenvalue weighted by atomic mass is 32.2. The van der Waals surface area contributed by atoms with Gasteiger partial charge in [0.25, 0.3) is 0 Å². The predicted octanol–water partition coefficient (Wildman–Crippen LogP) is 4.97. The zero-order chi connectivity index (χ0) is 20.6. The van der Waals surface area contributed by atoms with Crippen LogP contribution in [0.2, 0.25) is 0 Å². The van der Waals surface area contributed by atoms with Crippen molar-refractivity contribution in [1.29, 1.82) is 0 Å². The number of nitrogens with zero attached hydrogens (tertiary/aromatic N) is 4. The first kappa shape index (κ1) is 18.7. The van der Waals surface area contributed by atoms with Crippen LogP contribution in [0, 0.1) is 0 Å². The molecule has 1 fully saturated rings. The van der Waals surface area contributed by atoms with Crippen LogP contribution in [0.3, 0.4) is 0 Å². The highest BCUT2D eigenvalue weighted by molar-refractivity contribution is 7.99. The van der Waals surface area contributed by atoms with Gasteiger partial charge in [-0.2, -0.15) is 0 Å². The van der Waals surface area contributed by atoms with Crippen LogP contribution in [0.25, 0.3) is 16.8 Å². The van der Waals surface area contributed by atoms with Crippen molar-refractivity contribution in [3.05, 3.63) is 90.0 Å². The number of morpholine rings is 1. The van der Waals surface area contributed by atoms with Crippen LogP contribution >= 0.6 is 11.8 Å². The maximum absolute atomic E-state index is 5.56. The number of ether oxygens (including phenoxy) is 1. The van der Waals surface area contributed by atoms with Gasteiger partial charge in [-0.1, -0.05) is 78.5 Å². The summed E-state index contributed by atoms with van der Waals surface area (Å²) in [7, 11) is 0. The zero-order valence-electron chi connectivity index (χ0n) is 17.0. The summed E-state index contributed by atoms with van der Waals surface area (Å²) in [5.41, 5.74) is 6.38. The number of benzene rings is 3. The molecule has 1 aliphatic carbocycles. The fourth-order valence-electron chi connectivity index (χ4n) is 4.45. The number of hydrogen-bond acceptors (Lipinski definition) is 5. The number of thioether (sulfide) groups is 1. The summed E-state index contributed by atoms with van der Waals surface area (Å²) in [4.78, 5) is 2.27. The minimum atomic E-state index is 0.191. The fraction of sp³-hybridized carbons (Fsp3) is 0.200. The highest BCUT2D eigenvalue weighted by Crippen LogP contribution is 2.52. The van der Waals surface area contributed by atoms with Crippen LogP contribution in [0.4, 0.5) is 5.95 Å². The summed E-state index contributed by atoms with van der Waals surface area (Å²) in [5, 5.41) is 10.4. The Morgan fingerprint density at radius 1 is 0.742 bits per heavy atom. The van der Waals surface area contributed by atoms with Crippen molar-refractivity contribution in [2.24, 2.45) is 0 Å². The summed E-state index contributed by atoms with van der Waals surface area (Å²) < 4.78 is 7.75. The summed E-state index contributed by atoms with van der Waals surface area (Å²) >= 11 is 1.77. The van der Waals surface area contributed by atoms with Crippen molar-refractivity contribution in [2.45, 2.75) is 10.4 Å². The molecule has 1 aliphatic heterocycles. The van der Waals surface area contributed by atoms with Gasteiger partial charge in [0.15, 0.2) is 5.16 Å². The molecule has 6 rings (SSSR count). The van der Waals surface area contributed by atoms with Crippen molar-refractivity contribution in [3.8, 4) is 16.8 Å². The molecule has 0 saturated carbocycles. The number of para-hydroxylation sites is 1. The van der Waals surface area contributed by atoms with Gasteiger partial charge in [0, 0.05) is 13.1 Å².